The molecule has 0 bridgehead atoms. The molecule has 0 atom stereocenters. The second kappa shape index (κ2) is 4.50. The van der Waals surface area contributed by atoms with Gasteiger partial charge < -0.3 is 4.42 Å². The van der Waals surface area contributed by atoms with Crippen LogP contribution in [0.1, 0.15) is 11.3 Å². The van der Waals surface area contributed by atoms with Crippen molar-refractivity contribution in [2.24, 2.45) is 0 Å². The van der Waals surface area contributed by atoms with Crippen molar-refractivity contribution < 1.29 is 17.6 Å². The molecule has 1 aromatic carbocycles. The lowest BCUT2D eigenvalue weighted by Crippen LogP contribution is -2.05. The highest BCUT2D eigenvalue weighted by molar-refractivity contribution is 9.10. The highest BCUT2D eigenvalue weighted by atomic mass is 79.9. The first kappa shape index (κ1) is 12.7. The van der Waals surface area contributed by atoms with Crippen molar-refractivity contribution in [3.8, 4) is 17.4 Å². The molecule has 0 radical (unpaired) electrons. The topological polar surface area (TPSA) is 36.9 Å². The van der Waals surface area contributed by atoms with Gasteiger partial charge in [-0.1, -0.05) is 22.0 Å². The van der Waals surface area contributed by atoms with E-state index in [0.29, 0.717) is 0 Å². The molecule has 2 aromatic rings. The summed E-state index contributed by atoms with van der Waals surface area (Å²) in [4.78, 5) is 0. The SMILES string of the molecule is N#Cc1ccc(-c2ccc(Br)c(C(F)(F)F)c2)o1. The molecule has 2 rings (SSSR count). The van der Waals surface area contributed by atoms with Gasteiger partial charge in [-0.15, -0.1) is 0 Å². The first-order chi connectivity index (χ1) is 8.41. The van der Waals surface area contributed by atoms with Gasteiger partial charge in [-0.25, -0.2) is 0 Å². The quantitative estimate of drug-likeness (QED) is 0.771. The third-order valence-corrected chi connectivity index (χ3v) is 2.96. The maximum absolute atomic E-state index is 12.7. The fraction of sp³-hybridized carbons (Fsp3) is 0.0833. The van der Waals surface area contributed by atoms with Gasteiger partial charge in [0.25, 0.3) is 0 Å². The number of nitriles is 1. The number of nitrogens with zero attached hydrogens (tertiary/aromatic N) is 1. The summed E-state index contributed by atoms with van der Waals surface area (Å²) in [5.41, 5.74) is -0.512. The Kier molecular flexibility index (Phi) is 3.18. The molecule has 0 aliphatic rings. The normalized spacial score (nSPS) is 11.3. The van der Waals surface area contributed by atoms with Gasteiger partial charge in [0.05, 0.1) is 5.56 Å². The van der Waals surface area contributed by atoms with E-state index in [1.165, 1.54) is 24.3 Å². The van der Waals surface area contributed by atoms with Crippen LogP contribution in [-0.2, 0) is 6.18 Å². The van der Waals surface area contributed by atoms with Gasteiger partial charge >= 0.3 is 6.18 Å². The fourth-order valence-electron chi connectivity index (χ4n) is 1.45. The van der Waals surface area contributed by atoms with Crippen LogP contribution in [0.4, 0.5) is 13.2 Å². The smallest absolute Gasteiger partial charge is 0.417 e. The molecule has 6 heteroatoms. The largest absolute Gasteiger partial charge is 0.446 e. The average Bonchev–Trinajstić information content (AvgIpc) is 2.76. The van der Waals surface area contributed by atoms with Gasteiger partial charge in [0, 0.05) is 10.0 Å². The van der Waals surface area contributed by atoms with Crippen LogP contribution in [0.5, 0.6) is 0 Å². The van der Waals surface area contributed by atoms with Crippen molar-refractivity contribution in [3.63, 3.8) is 0 Å². The molecule has 1 aromatic heterocycles. The summed E-state index contributed by atoms with van der Waals surface area (Å²) < 4.78 is 43.2. The van der Waals surface area contributed by atoms with Crippen molar-refractivity contribution >= 4 is 15.9 Å². The predicted octanol–water partition coefficient (Wildman–Crippen LogP) is 4.60. The number of benzene rings is 1. The predicted molar refractivity (Wildman–Crippen MR) is 61.6 cm³/mol. The summed E-state index contributed by atoms with van der Waals surface area (Å²) in [5.74, 6) is 0.283. The van der Waals surface area contributed by atoms with Crippen molar-refractivity contribution in [2.45, 2.75) is 6.18 Å². The summed E-state index contributed by atoms with van der Waals surface area (Å²) in [7, 11) is 0. The minimum atomic E-state index is -4.44. The molecular weight excluding hydrogens is 311 g/mol. The minimum Gasteiger partial charge on any atom is -0.446 e. The number of alkyl halides is 3. The van der Waals surface area contributed by atoms with E-state index in [1.807, 2.05) is 0 Å². The van der Waals surface area contributed by atoms with Crippen LogP contribution in [0.15, 0.2) is 39.2 Å². The molecule has 0 saturated heterocycles. The fourth-order valence-corrected chi connectivity index (χ4v) is 1.92. The summed E-state index contributed by atoms with van der Waals surface area (Å²) in [6.07, 6.45) is -4.44. The third-order valence-electron chi connectivity index (χ3n) is 2.27. The van der Waals surface area contributed by atoms with Gasteiger partial charge in [0.1, 0.15) is 11.8 Å². The molecule has 18 heavy (non-hydrogen) atoms. The maximum Gasteiger partial charge on any atom is 0.417 e. The molecule has 0 spiro atoms. The van der Waals surface area contributed by atoms with Crippen molar-refractivity contribution in [3.05, 3.63) is 46.1 Å². The molecular formula is C12H5BrF3NO. The van der Waals surface area contributed by atoms with E-state index >= 15 is 0 Å². The number of furan rings is 1. The Morgan fingerprint density at radius 2 is 1.89 bits per heavy atom. The lowest BCUT2D eigenvalue weighted by atomic mass is 10.1. The average molecular weight is 316 g/mol. The summed E-state index contributed by atoms with van der Waals surface area (Å²) >= 11 is 2.85. The van der Waals surface area contributed by atoms with Crippen LogP contribution in [0.2, 0.25) is 0 Å². The minimum absolute atomic E-state index is 0.0363. The van der Waals surface area contributed by atoms with Crippen LogP contribution < -0.4 is 0 Å². The van der Waals surface area contributed by atoms with Gasteiger partial charge in [0.15, 0.2) is 0 Å². The van der Waals surface area contributed by atoms with Crippen LogP contribution in [0, 0.1) is 11.3 Å². The highest BCUT2D eigenvalue weighted by Gasteiger charge is 2.33. The molecule has 0 saturated carbocycles. The van der Waals surface area contributed by atoms with Crippen LogP contribution >= 0.6 is 15.9 Å². The molecule has 0 unspecified atom stereocenters. The lowest BCUT2D eigenvalue weighted by Gasteiger charge is -2.10. The van der Waals surface area contributed by atoms with Crippen molar-refractivity contribution in [1.29, 1.82) is 5.26 Å². The second-order valence-electron chi connectivity index (χ2n) is 3.47. The van der Waals surface area contributed by atoms with Crippen LogP contribution in [-0.4, -0.2) is 0 Å². The highest BCUT2D eigenvalue weighted by Crippen LogP contribution is 2.37. The molecule has 0 fully saturated rings. The second-order valence-corrected chi connectivity index (χ2v) is 4.32. The van der Waals surface area contributed by atoms with E-state index in [4.69, 9.17) is 9.68 Å². The standard InChI is InChI=1S/C12H5BrF3NO/c13-10-3-1-7(5-9(10)12(14,15)16)11-4-2-8(6-17)18-11/h1-5H. The zero-order chi connectivity index (χ0) is 13.3. The van der Waals surface area contributed by atoms with E-state index in [9.17, 15) is 13.2 Å². The first-order valence-corrected chi connectivity index (χ1v) is 5.58. The zero-order valence-corrected chi connectivity index (χ0v) is 10.3. The summed E-state index contributed by atoms with van der Waals surface area (Å²) in [5, 5.41) is 8.59. The molecule has 0 aliphatic heterocycles. The van der Waals surface area contributed by atoms with Crippen molar-refractivity contribution in [2.75, 3.05) is 0 Å². The number of rotatable bonds is 1. The Morgan fingerprint density at radius 3 is 2.44 bits per heavy atom. The number of hydrogen-bond donors (Lipinski definition) is 0. The van der Waals surface area contributed by atoms with Gasteiger partial charge in [-0.05, 0) is 24.3 Å². The first-order valence-electron chi connectivity index (χ1n) is 4.79. The zero-order valence-electron chi connectivity index (χ0n) is 8.75. The van der Waals surface area contributed by atoms with Crippen molar-refractivity contribution in [1.82, 2.24) is 0 Å². The Morgan fingerprint density at radius 1 is 1.17 bits per heavy atom. The van der Waals surface area contributed by atoms with Gasteiger partial charge in [-0.2, -0.15) is 18.4 Å². The van der Waals surface area contributed by atoms with Gasteiger partial charge in [-0.3, -0.25) is 0 Å². The molecule has 92 valence electrons. The van der Waals surface area contributed by atoms with E-state index in [1.54, 1.807) is 6.07 Å². The molecule has 1 heterocycles. The van der Waals surface area contributed by atoms with Crippen LogP contribution in [0.25, 0.3) is 11.3 Å². The van der Waals surface area contributed by atoms with Crippen LogP contribution in [0.3, 0.4) is 0 Å². The molecule has 0 aliphatic carbocycles. The third kappa shape index (κ3) is 2.41. The van der Waals surface area contributed by atoms with Gasteiger partial charge in [0.2, 0.25) is 5.76 Å². The number of halogens is 4. The Hall–Kier alpha value is -1.74. The summed E-state index contributed by atoms with van der Waals surface area (Å²) in [6, 6.07) is 8.40. The van der Waals surface area contributed by atoms with E-state index in [2.05, 4.69) is 15.9 Å². The Bertz CT molecular complexity index is 625. The Balaban J connectivity index is 2.51. The molecule has 0 amide bonds. The summed E-state index contributed by atoms with van der Waals surface area (Å²) in [6.45, 7) is 0. The Labute approximate surface area is 109 Å². The van der Waals surface area contributed by atoms with E-state index < -0.39 is 11.7 Å². The molecule has 0 N–H and O–H groups in total. The maximum atomic E-state index is 12.7. The number of hydrogen-bond acceptors (Lipinski definition) is 2. The van der Waals surface area contributed by atoms with E-state index in [0.717, 1.165) is 6.07 Å². The van der Waals surface area contributed by atoms with E-state index in [-0.39, 0.29) is 21.6 Å². The lowest BCUT2D eigenvalue weighted by molar-refractivity contribution is -0.138. The molecule has 2 nitrogen and oxygen atoms in total. The monoisotopic (exact) mass is 315 g/mol.